The molecule has 2 heterocycles. The molecular formula is C16H20Cl3N8RuS2. The van der Waals surface area contributed by atoms with Gasteiger partial charge in [0.1, 0.15) is 0 Å². The fourth-order valence-corrected chi connectivity index (χ4v) is 1.64. The predicted molar refractivity (Wildman–Crippen MR) is 113 cm³/mol. The van der Waals surface area contributed by atoms with E-state index in [4.69, 9.17) is 11.5 Å². The summed E-state index contributed by atoms with van der Waals surface area (Å²) in [5.74, 6) is 0. The molecule has 6 N–H and O–H groups in total. The molecule has 0 saturated heterocycles. The smallest absolute Gasteiger partial charge is 1.00 e. The molecule has 0 aliphatic rings. The van der Waals surface area contributed by atoms with Crippen molar-refractivity contribution < 1.29 is 56.7 Å². The Hall–Kier alpha value is -1.49. The van der Waals surface area contributed by atoms with Crippen molar-refractivity contribution in [2.45, 2.75) is 13.8 Å². The molecule has 2 aromatic rings. The molecule has 165 valence electrons. The first kappa shape index (κ1) is 35.9. The molecule has 14 heteroatoms. The Kier molecular flexibility index (Phi) is 24.9. The van der Waals surface area contributed by atoms with Crippen LogP contribution in [0.2, 0.25) is 0 Å². The maximum absolute atomic E-state index is 5.21. The van der Waals surface area contributed by atoms with E-state index in [1.165, 1.54) is 0 Å². The molecule has 2 rings (SSSR count). The minimum absolute atomic E-state index is 0. The molecule has 8 nitrogen and oxygen atoms in total. The molecule has 1 radical (unpaired) electrons. The maximum atomic E-state index is 5.21. The first-order chi connectivity index (χ1) is 12.4. The number of nitrogens with one attached hydrogen (secondary N) is 2. The van der Waals surface area contributed by atoms with Crippen LogP contribution in [0.5, 0.6) is 0 Å². The molecule has 0 fully saturated rings. The van der Waals surface area contributed by atoms with Crippen molar-refractivity contribution in [1.82, 2.24) is 20.8 Å². The molecule has 0 aromatic carbocycles. The van der Waals surface area contributed by atoms with E-state index in [9.17, 15) is 0 Å². The molecule has 0 spiro atoms. The second-order valence-electron chi connectivity index (χ2n) is 4.78. The second-order valence-corrected chi connectivity index (χ2v) is 5.66. The third kappa shape index (κ3) is 16.3. The zero-order valence-electron chi connectivity index (χ0n) is 15.9. The van der Waals surface area contributed by atoms with E-state index in [0.717, 1.165) is 22.8 Å². The molecule has 0 aliphatic carbocycles. The summed E-state index contributed by atoms with van der Waals surface area (Å²) in [5, 5.41) is 8.16. The average molecular weight is 596 g/mol. The van der Waals surface area contributed by atoms with Crippen molar-refractivity contribution in [3.63, 3.8) is 0 Å². The number of nitrogens with zero attached hydrogens (tertiary/aromatic N) is 4. The van der Waals surface area contributed by atoms with Crippen LogP contribution < -0.4 is 59.5 Å². The molecule has 0 unspecified atom stereocenters. The standard InChI is InChI=1S/2C8H10N4S.3ClH.Ru/c2*1-6(11-12-8(9)13)7-4-2-3-5-10-7;;;;/h2*2-5H,1H3,(H3,9,12,13);3*1H;/q;;;;;+3/p-3/b2*11-6-;;;;. The van der Waals surface area contributed by atoms with Gasteiger partial charge >= 0.3 is 19.5 Å². The Bertz CT molecular complexity index is 728. The minimum Gasteiger partial charge on any atom is -1.00 e. The van der Waals surface area contributed by atoms with Crippen LogP contribution in [0.15, 0.2) is 59.0 Å². The summed E-state index contributed by atoms with van der Waals surface area (Å²) in [6.07, 6.45) is 3.41. The van der Waals surface area contributed by atoms with Crippen molar-refractivity contribution >= 4 is 46.1 Å². The molecule has 0 saturated carbocycles. The van der Waals surface area contributed by atoms with Crippen LogP contribution >= 0.6 is 24.4 Å². The van der Waals surface area contributed by atoms with Gasteiger partial charge in [0.25, 0.3) is 0 Å². The maximum Gasteiger partial charge on any atom is 3.00 e. The number of hydrogen-bond acceptors (Lipinski definition) is 6. The first-order valence-electron chi connectivity index (χ1n) is 7.42. The Morgan fingerprint density at radius 1 is 0.767 bits per heavy atom. The van der Waals surface area contributed by atoms with Gasteiger partial charge < -0.3 is 48.7 Å². The molecule has 0 aliphatic heterocycles. The van der Waals surface area contributed by atoms with Crippen molar-refractivity contribution in [1.29, 1.82) is 0 Å². The number of pyridine rings is 2. The zero-order valence-corrected chi connectivity index (χ0v) is 21.5. The van der Waals surface area contributed by atoms with E-state index in [-0.39, 0.29) is 66.9 Å². The van der Waals surface area contributed by atoms with Gasteiger partial charge in [-0.2, -0.15) is 10.2 Å². The van der Waals surface area contributed by atoms with Crippen molar-refractivity contribution in [2.24, 2.45) is 21.7 Å². The van der Waals surface area contributed by atoms with E-state index < -0.39 is 0 Å². The van der Waals surface area contributed by atoms with Crippen molar-refractivity contribution in [3.8, 4) is 0 Å². The molecular weight excluding hydrogens is 576 g/mol. The largest absolute Gasteiger partial charge is 3.00 e. The van der Waals surface area contributed by atoms with Crippen molar-refractivity contribution in [2.75, 3.05) is 0 Å². The van der Waals surface area contributed by atoms with Gasteiger partial charge in [-0.1, -0.05) is 12.1 Å². The Morgan fingerprint density at radius 2 is 1.10 bits per heavy atom. The number of rotatable bonds is 4. The van der Waals surface area contributed by atoms with Gasteiger partial charge in [-0.3, -0.25) is 20.8 Å². The zero-order chi connectivity index (χ0) is 19.4. The van der Waals surface area contributed by atoms with Gasteiger partial charge in [-0.25, -0.2) is 0 Å². The van der Waals surface area contributed by atoms with Gasteiger partial charge in [0.15, 0.2) is 10.2 Å². The third-order valence-corrected chi connectivity index (χ3v) is 2.92. The van der Waals surface area contributed by atoms with E-state index in [1.807, 2.05) is 50.2 Å². The number of thiocarbonyl (C=S) groups is 2. The fraction of sp³-hybridized carbons (Fsp3) is 0.125. The number of halogens is 3. The summed E-state index contributed by atoms with van der Waals surface area (Å²) in [5.41, 5.74) is 18.5. The predicted octanol–water partition coefficient (Wildman–Crippen LogP) is -7.71. The molecule has 0 bridgehead atoms. The SMILES string of the molecule is C/C(=N/NC(N)=S)c1ccccn1.C/C(=N/NC(N)=S)c1ccccn1.[Cl-].[Cl-].[Cl-].[Ru+3]. The second kappa shape index (κ2) is 20.8. The van der Waals surface area contributed by atoms with Gasteiger partial charge in [-0.15, -0.1) is 0 Å². The van der Waals surface area contributed by atoms with Gasteiger partial charge in [0.2, 0.25) is 0 Å². The summed E-state index contributed by atoms with van der Waals surface area (Å²) >= 11 is 9.21. The first-order valence-corrected chi connectivity index (χ1v) is 8.24. The fourth-order valence-electron chi connectivity index (χ4n) is 1.55. The summed E-state index contributed by atoms with van der Waals surface area (Å²) in [4.78, 5) is 8.20. The molecule has 0 amide bonds. The van der Waals surface area contributed by atoms with Crippen LogP contribution in [0.3, 0.4) is 0 Å². The quantitative estimate of drug-likeness (QED) is 0.119. The number of nitrogens with two attached hydrogens (primary N) is 2. The van der Waals surface area contributed by atoms with Gasteiger partial charge in [0.05, 0.1) is 22.8 Å². The summed E-state index contributed by atoms with van der Waals surface area (Å²) < 4.78 is 0. The van der Waals surface area contributed by atoms with E-state index in [0.29, 0.717) is 0 Å². The molecule has 0 atom stereocenters. The van der Waals surface area contributed by atoms with Crippen molar-refractivity contribution in [3.05, 3.63) is 60.2 Å². The third-order valence-electron chi connectivity index (χ3n) is 2.74. The van der Waals surface area contributed by atoms with E-state index >= 15 is 0 Å². The Morgan fingerprint density at radius 3 is 1.33 bits per heavy atom. The van der Waals surface area contributed by atoms with Crippen LogP contribution in [-0.2, 0) is 19.5 Å². The average Bonchev–Trinajstić information content (AvgIpc) is 2.66. The number of aromatic nitrogens is 2. The van der Waals surface area contributed by atoms with Crippen LogP contribution in [0.1, 0.15) is 25.2 Å². The van der Waals surface area contributed by atoms with Crippen LogP contribution in [0.25, 0.3) is 0 Å². The minimum atomic E-state index is 0. The molecule has 30 heavy (non-hydrogen) atoms. The number of hydrazone groups is 2. The van der Waals surface area contributed by atoms with Crippen LogP contribution in [0, 0.1) is 0 Å². The Labute approximate surface area is 218 Å². The molecule has 2 aromatic heterocycles. The van der Waals surface area contributed by atoms with Gasteiger partial charge in [-0.05, 0) is 62.5 Å². The monoisotopic (exact) mass is 595 g/mol. The topological polar surface area (TPSA) is 127 Å². The summed E-state index contributed by atoms with van der Waals surface area (Å²) in [6, 6.07) is 11.2. The van der Waals surface area contributed by atoms with Crippen LogP contribution in [-0.4, -0.2) is 31.6 Å². The van der Waals surface area contributed by atoms with E-state index in [2.05, 4.69) is 55.5 Å². The Balaban J connectivity index is -0.000000199. The van der Waals surface area contributed by atoms with Crippen LogP contribution in [0.4, 0.5) is 0 Å². The van der Waals surface area contributed by atoms with E-state index in [1.54, 1.807) is 12.4 Å². The normalized spacial score (nSPS) is 9.53. The summed E-state index contributed by atoms with van der Waals surface area (Å²) in [6.45, 7) is 3.65. The number of hydrogen-bond donors (Lipinski definition) is 4. The summed E-state index contributed by atoms with van der Waals surface area (Å²) in [7, 11) is 0. The van der Waals surface area contributed by atoms with Gasteiger partial charge in [0, 0.05) is 12.4 Å².